The highest BCUT2D eigenvalue weighted by molar-refractivity contribution is 5.96. The van der Waals surface area contributed by atoms with Crippen LogP contribution in [0.1, 0.15) is 72.2 Å². The van der Waals surface area contributed by atoms with Crippen LogP contribution in [-0.2, 0) is 16.2 Å². The molecule has 3 aliphatic rings. The molecule has 0 saturated carbocycles. The van der Waals surface area contributed by atoms with Gasteiger partial charge in [-0.3, -0.25) is 0 Å². The Kier molecular flexibility index (Phi) is 7.91. The van der Waals surface area contributed by atoms with Crippen molar-refractivity contribution in [2.75, 3.05) is 4.90 Å². The molecule has 0 spiro atoms. The summed E-state index contributed by atoms with van der Waals surface area (Å²) in [5.41, 5.74) is 23.9. The fourth-order valence-electron chi connectivity index (χ4n) is 11.6. The quantitative estimate of drug-likeness (QED) is 0.162. The molecule has 9 aromatic rings. The number of fused-ring (bicyclic) bond motifs is 9. The van der Waals surface area contributed by atoms with Crippen LogP contribution in [0.15, 0.2) is 212 Å². The first-order valence-corrected chi connectivity index (χ1v) is 22.0. The highest BCUT2D eigenvalue weighted by atomic mass is 15.1. The summed E-state index contributed by atoms with van der Waals surface area (Å²) < 4.78 is 0. The highest BCUT2D eigenvalue weighted by Crippen LogP contribution is 2.59. The number of hydrogen-bond donors (Lipinski definition) is 0. The van der Waals surface area contributed by atoms with E-state index >= 15 is 0 Å². The third-order valence-corrected chi connectivity index (χ3v) is 14.6. The Morgan fingerprint density at radius 2 is 0.694 bits per heavy atom. The van der Waals surface area contributed by atoms with Crippen LogP contribution in [0, 0.1) is 0 Å². The normalized spacial score (nSPS) is 15.2. The molecule has 12 rings (SSSR count). The van der Waals surface area contributed by atoms with Gasteiger partial charge in [0.1, 0.15) is 0 Å². The molecule has 1 heteroatoms. The summed E-state index contributed by atoms with van der Waals surface area (Å²) >= 11 is 0. The maximum Gasteiger partial charge on any atom is 0.0713 e. The summed E-state index contributed by atoms with van der Waals surface area (Å²) in [6.07, 6.45) is 0. The molecule has 0 aliphatic heterocycles. The van der Waals surface area contributed by atoms with Gasteiger partial charge in [-0.1, -0.05) is 204 Å². The number of rotatable bonds is 6. The first kappa shape index (κ1) is 36.6. The van der Waals surface area contributed by atoms with Gasteiger partial charge in [0.15, 0.2) is 0 Å². The van der Waals surface area contributed by atoms with E-state index in [0.29, 0.717) is 0 Å². The molecule has 0 amide bonds. The van der Waals surface area contributed by atoms with Crippen molar-refractivity contribution in [3.8, 4) is 44.5 Å². The zero-order valence-electron chi connectivity index (χ0n) is 35.7. The number of anilines is 3. The van der Waals surface area contributed by atoms with Gasteiger partial charge in [0, 0.05) is 27.9 Å². The molecule has 0 N–H and O–H groups in total. The Bertz CT molecular complexity index is 3080. The van der Waals surface area contributed by atoms with E-state index in [1.807, 2.05) is 0 Å². The molecule has 0 saturated heterocycles. The lowest BCUT2D eigenvalue weighted by Crippen LogP contribution is -2.28. The molecular weight excluding hydrogens is 747 g/mol. The minimum Gasteiger partial charge on any atom is -0.310 e. The molecule has 3 aliphatic carbocycles. The van der Waals surface area contributed by atoms with Crippen LogP contribution in [-0.4, -0.2) is 0 Å². The zero-order chi connectivity index (χ0) is 41.8. The second kappa shape index (κ2) is 13.4. The summed E-state index contributed by atoms with van der Waals surface area (Å²) in [5.74, 6) is 0. The SMILES string of the molecule is CC1(C)c2ccccc2-c2ccc(N(c3ccc(-c4cccc5c4-c4ccccc4C5(c4ccccc4)c4ccccc4)cc3)c3ccc4c(c3)C(C)(C)c3ccccc3-4)cc21. The van der Waals surface area contributed by atoms with Crippen LogP contribution >= 0.6 is 0 Å². The van der Waals surface area contributed by atoms with Crippen molar-refractivity contribution in [3.63, 3.8) is 0 Å². The van der Waals surface area contributed by atoms with Gasteiger partial charge in [-0.05, 0) is 125 Å². The summed E-state index contributed by atoms with van der Waals surface area (Å²) in [7, 11) is 0. The van der Waals surface area contributed by atoms with E-state index in [1.165, 1.54) is 89.0 Å². The molecule has 0 heterocycles. The van der Waals surface area contributed by atoms with Gasteiger partial charge in [-0.15, -0.1) is 0 Å². The second-order valence-electron chi connectivity index (χ2n) is 18.4. The smallest absolute Gasteiger partial charge is 0.0713 e. The van der Waals surface area contributed by atoms with Gasteiger partial charge in [0.25, 0.3) is 0 Å². The van der Waals surface area contributed by atoms with E-state index in [4.69, 9.17) is 0 Å². The standard InChI is InChI=1S/C61H47N/c1-59(2)52-26-14-11-22-47(52)49-36-34-44(38-56(49)59)62(45-35-37-50-48-23-12-15-27-53(48)60(3,4)57(50)39-45)43-32-30-40(31-33-43)46-25-17-29-55-58(46)51-24-13-16-28-54(51)61(55,41-18-7-5-8-19-41)42-20-9-6-10-21-42/h5-39H,1-4H3. The molecule has 62 heavy (non-hydrogen) atoms. The molecule has 1 nitrogen and oxygen atoms in total. The predicted octanol–water partition coefficient (Wildman–Crippen LogP) is 15.8. The Morgan fingerprint density at radius 3 is 1.23 bits per heavy atom. The van der Waals surface area contributed by atoms with E-state index in [9.17, 15) is 0 Å². The van der Waals surface area contributed by atoms with Crippen LogP contribution < -0.4 is 4.90 Å². The van der Waals surface area contributed by atoms with Gasteiger partial charge in [-0.2, -0.15) is 0 Å². The molecule has 0 fully saturated rings. The molecule has 0 radical (unpaired) electrons. The Balaban J connectivity index is 1.03. The Labute approximate surface area is 365 Å². The van der Waals surface area contributed by atoms with Gasteiger partial charge in [0.2, 0.25) is 0 Å². The van der Waals surface area contributed by atoms with Gasteiger partial charge in [-0.25, -0.2) is 0 Å². The molecule has 9 aromatic carbocycles. The zero-order valence-corrected chi connectivity index (χ0v) is 35.7. The first-order valence-electron chi connectivity index (χ1n) is 22.0. The first-order chi connectivity index (χ1) is 30.3. The van der Waals surface area contributed by atoms with Gasteiger partial charge >= 0.3 is 0 Å². The molecule has 0 aromatic heterocycles. The van der Waals surface area contributed by atoms with Gasteiger partial charge in [0.05, 0.1) is 5.41 Å². The minimum atomic E-state index is -0.441. The summed E-state index contributed by atoms with van der Waals surface area (Å²) in [4.78, 5) is 2.48. The monoisotopic (exact) mass is 793 g/mol. The van der Waals surface area contributed by atoms with Crippen LogP contribution in [0.2, 0.25) is 0 Å². The van der Waals surface area contributed by atoms with Crippen molar-refractivity contribution < 1.29 is 0 Å². The van der Waals surface area contributed by atoms with Crippen molar-refractivity contribution in [2.45, 2.75) is 43.9 Å². The van der Waals surface area contributed by atoms with Crippen LogP contribution in [0.25, 0.3) is 44.5 Å². The van der Waals surface area contributed by atoms with E-state index in [-0.39, 0.29) is 10.8 Å². The molecule has 296 valence electrons. The summed E-state index contributed by atoms with van der Waals surface area (Å²) in [6, 6.07) is 79.6. The third kappa shape index (κ3) is 5.03. The highest BCUT2D eigenvalue weighted by Gasteiger charge is 2.47. The molecule has 0 bridgehead atoms. The Morgan fingerprint density at radius 1 is 0.290 bits per heavy atom. The number of nitrogens with zero attached hydrogens (tertiary/aromatic N) is 1. The topological polar surface area (TPSA) is 3.24 Å². The maximum atomic E-state index is 2.48. The van der Waals surface area contributed by atoms with E-state index < -0.39 is 5.41 Å². The van der Waals surface area contributed by atoms with E-state index in [0.717, 1.165) is 17.1 Å². The fraction of sp³-hybridized carbons (Fsp3) is 0.115. The lowest BCUT2D eigenvalue weighted by Gasteiger charge is -2.34. The van der Waals surface area contributed by atoms with Gasteiger partial charge < -0.3 is 4.90 Å². The van der Waals surface area contributed by atoms with Crippen molar-refractivity contribution in [1.82, 2.24) is 0 Å². The average Bonchev–Trinajstić information content (AvgIpc) is 3.85. The van der Waals surface area contributed by atoms with Crippen molar-refractivity contribution in [1.29, 1.82) is 0 Å². The largest absolute Gasteiger partial charge is 0.310 e. The fourth-order valence-corrected chi connectivity index (χ4v) is 11.6. The minimum absolute atomic E-state index is 0.113. The summed E-state index contributed by atoms with van der Waals surface area (Å²) in [6.45, 7) is 9.49. The molecule has 0 unspecified atom stereocenters. The number of hydrogen-bond acceptors (Lipinski definition) is 1. The van der Waals surface area contributed by atoms with Crippen LogP contribution in [0.4, 0.5) is 17.1 Å². The average molecular weight is 794 g/mol. The number of benzene rings is 9. The van der Waals surface area contributed by atoms with Crippen molar-refractivity contribution in [2.24, 2.45) is 0 Å². The van der Waals surface area contributed by atoms with Crippen LogP contribution in [0.5, 0.6) is 0 Å². The Hall–Kier alpha value is -7.22. The summed E-state index contributed by atoms with van der Waals surface area (Å²) in [5, 5.41) is 0. The molecular formula is C61H47N. The van der Waals surface area contributed by atoms with E-state index in [1.54, 1.807) is 0 Å². The van der Waals surface area contributed by atoms with Crippen molar-refractivity contribution >= 4 is 17.1 Å². The third-order valence-electron chi connectivity index (χ3n) is 14.6. The lowest BCUT2D eigenvalue weighted by atomic mass is 9.67. The predicted molar refractivity (Wildman–Crippen MR) is 259 cm³/mol. The molecule has 0 atom stereocenters. The second-order valence-corrected chi connectivity index (χ2v) is 18.4. The van der Waals surface area contributed by atoms with Crippen molar-refractivity contribution in [3.05, 3.63) is 257 Å². The van der Waals surface area contributed by atoms with E-state index in [2.05, 4.69) is 245 Å². The lowest BCUT2D eigenvalue weighted by molar-refractivity contribution is 0.660. The maximum absolute atomic E-state index is 2.48. The van der Waals surface area contributed by atoms with Crippen LogP contribution in [0.3, 0.4) is 0 Å².